The number of carboxylic acids is 1. The van der Waals surface area contributed by atoms with Gasteiger partial charge in [-0.1, -0.05) is 30.3 Å². The van der Waals surface area contributed by atoms with E-state index in [-0.39, 0.29) is 22.8 Å². The highest BCUT2D eigenvalue weighted by molar-refractivity contribution is 5.67. The van der Waals surface area contributed by atoms with Crippen LogP contribution in [0.25, 0.3) is 0 Å². The van der Waals surface area contributed by atoms with Gasteiger partial charge in [-0.3, -0.25) is 4.79 Å². The van der Waals surface area contributed by atoms with Gasteiger partial charge in [0, 0.05) is 6.42 Å². The van der Waals surface area contributed by atoms with E-state index in [2.05, 4.69) is 0 Å². The number of rotatable bonds is 3. The lowest BCUT2D eigenvalue weighted by Gasteiger charge is -1.95. The molecule has 1 aromatic carbocycles. The van der Waals surface area contributed by atoms with Gasteiger partial charge in [0.2, 0.25) is 0 Å². The highest BCUT2D eigenvalue weighted by atomic mass is 16.4. The number of benzene rings is 1. The molecule has 1 rings (SSSR count). The molecule has 0 amide bonds. The summed E-state index contributed by atoms with van der Waals surface area (Å²) in [7, 11) is 0. The van der Waals surface area contributed by atoms with Crippen molar-refractivity contribution in [3.05, 3.63) is 35.9 Å². The third-order valence-corrected chi connectivity index (χ3v) is 1.47. The summed E-state index contributed by atoms with van der Waals surface area (Å²) in [6.07, 6.45) is 0.834. The van der Waals surface area contributed by atoms with Gasteiger partial charge < -0.3 is 21.5 Å². The van der Waals surface area contributed by atoms with E-state index in [1.165, 1.54) is 0 Å². The topological polar surface area (TPSA) is 132 Å². The summed E-state index contributed by atoms with van der Waals surface area (Å²) in [5.41, 5.74) is 1.08. The number of aliphatic carboxylic acids is 1. The zero-order chi connectivity index (χ0) is 8.10. The van der Waals surface area contributed by atoms with Crippen molar-refractivity contribution in [3.8, 4) is 0 Å². The Hall–Kier alpha value is -1.43. The molecule has 0 aliphatic carbocycles. The van der Waals surface area contributed by atoms with E-state index < -0.39 is 5.97 Å². The van der Waals surface area contributed by atoms with Gasteiger partial charge in [0.1, 0.15) is 0 Å². The van der Waals surface area contributed by atoms with Crippen molar-refractivity contribution in [1.82, 2.24) is 0 Å². The second-order valence-corrected chi connectivity index (χ2v) is 2.38. The summed E-state index contributed by atoms with van der Waals surface area (Å²) in [6.45, 7) is 0. The number of carbonyl (C=O) groups is 1. The van der Waals surface area contributed by atoms with Gasteiger partial charge in [-0.2, -0.15) is 0 Å². The first-order valence-corrected chi connectivity index (χ1v) is 3.55. The maximum Gasteiger partial charge on any atom is 0.303 e. The highest BCUT2D eigenvalue weighted by Gasteiger charge is 1.96. The molecule has 14 heavy (non-hydrogen) atoms. The normalized spacial score (nSPS) is 7.43. The van der Waals surface area contributed by atoms with Crippen molar-refractivity contribution in [1.29, 1.82) is 0 Å². The minimum atomic E-state index is -0.742. The zero-order valence-corrected chi connectivity index (χ0v) is 7.66. The summed E-state index contributed by atoms with van der Waals surface area (Å²) in [6, 6.07) is 9.62. The number of aryl methyl sites for hydroxylation is 1. The summed E-state index contributed by atoms with van der Waals surface area (Å²) in [4.78, 5) is 10.2. The van der Waals surface area contributed by atoms with Gasteiger partial charge in [-0.05, 0) is 12.0 Å². The van der Waals surface area contributed by atoms with Crippen molar-refractivity contribution in [2.75, 3.05) is 0 Å². The third-order valence-electron chi connectivity index (χ3n) is 1.47. The molecule has 0 fully saturated rings. The second kappa shape index (κ2) is 9.66. The molecule has 0 aromatic heterocycles. The van der Waals surface area contributed by atoms with Gasteiger partial charge in [0.25, 0.3) is 0 Å². The molecule has 0 radical (unpaired) electrons. The second-order valence-electron chi connectivity index (χ2n) is 2.38. The molecule has 0 saturated carbocycles. The highest BCUT2D eigenvalue weighted by Crippen LogP contribution is 2.01. The van der Waals surface area contributed by atoms with E-state index in [0.29, 0.717) is 6.42 Å². The smallest absolute Gasteiger partial charge is 0.303 e. The van der Waals surface area contributed by atoms with Crippen LogP contribution in [0.2, 0.25) is 0 Å². The quantitative estimate of drug-likeness (QED) is 0.692. The standard InChI is InChI=1S/C9H10O2.3H2O/c10-9(11)7-6-8-4-2-1-3-5-8;;;/h1-5H,6-7H2,(H,10,11);3*1H2. The SMILES string of the molecule is O.O.O.O=C(O)CCc1ccccc1. The molecule has 5 nitrogen and oxygen atoms in total. The average molecular weight is 204 g/mol. The molecule has 0 aliphatic rings. The Morgan fingerprint density at radius 3 is 2.00 bits per heavy atom. The van der Waals surface area contributed by atoms with Crippen molar-refractivity contribution in [3.63, 3.8) is 0 Å². The maximum atomic E-state index is 10.2. The third kappa shape index (κ3) is 7.23. The first-order chi connectivity index (χ1) is 5.29. The molecule has 0 atom stereocenters. The lowest BCUT2D eigenvalue weighted by molar-refractivity contribution is -0.136. The Morgan fingerprint density at radius 1 is 1.07 bits per heavy atom. The van der Waals surface area contributed by atoms with Gasteiger partial charge in [0.15, 0.2) is 0 Å². The predicted molar refractivity (Wildman–Crippen MR) is 53.2 cm³/mol. The number of carboxylic acid groups (broad SMARTS) is 1. The molecule has 0 unspecified atom stereocenters. The van der Waals surface area contributed by atoms with Crippen LogP contribution < -0.4 is 0 Å². The van der Waals surface area contributed by atoms with Crippen molar-refractivity contribution in [2.24, 2.45) is 0 Å². The molecule has 0 spiro atoms. The Bertz CT molecular complexity index is 234. The maximum absolute atomic E-state index is 10.2. The van der Waals surface area contributed by atoms with E-state index in [1.807, 2.05) is 30.3 Å². The Labute approximate surface area is 81.9 Å². The van der Waals surface area contributed by atoms with Crippen molar-refractivity contribution < 1.29 is 26.3 Å². The summed E-state index contributed by atoms with van der Waals surface area (Å²) in [5.74, 6) is -0.742. The minimum Gasteiger partial charge on any atom is -0.481 e. The monoisotopic (exact) mass is 204 g/mol. The summed E-state index contributed by atoms with van der Waals surface area (Å²) in [5, 5.41) is 8.37. The Balaban J connectivity index is -0.000000403. The van der Waals surface area contributed by atoms with Gasteiger partial charge in [-0.15, -0.1) is 0 Å². The molecule has 0 bridgehead atoms. The summed E-state index contributed by atoms with van der Waals surface area (Å²) >= 11 is 0. The van der Waals surface area contributed by atoms with Crippen LogP contribution in [0.3, 0.4) is 0 Å². The van der Waals surface area contributed by atoms with E-state index >= 15 is 0 Å². The lowest BCUT2D eigenvalue weighted by atomic mass is 10.1. The molecule has 5 heteroatoms. The fraction of sp³-hybridized carbons (Fsp3) is 0.222. The van der Waals surface area contributed by atoms with Crippen LogP contribution in [-0.2, 0) is 11.2 Å². The van der Waals surface area contributed by atoms with Crippen LogP contribution in [0, 0.1) is 0 Å². The largest absolute Gasteiger partial charge is 0.481 e. The molecule has 82 valence electrons. The Morgan fingerprint density at radius 2 is 1.57 bits per heavy atom. The van der Waals surface area contributed by atoms with Crippen LogP contribution in [0.4, 0.5) is 0 Å². The van der Waals surface area contributed by atoms with E-state index in [0.717, 1.165) is 5.56 Å². The van der Waals surface area contributed by atoms with Crippen LogP contribution in [0.15, 0.2) is 30.3 Å². The van der Waals surface area contributed by atoms with Crippen LogP contribution in [-0.4, -0.2) is 27.5 Å². The zero-order valence-electron chi connectivity index (χ0n) is 7.66. The van der Waals surface area contributed by atoms with Gasteiger partial charge in [0.05, 0.1) is 0 Å². The van der Waals surface area contributed by atoms with E-state index in [9.17, 15) is 4.79 Å². The molecular formula is C9H16O5. The molecule has 7 N–H and O–H groups in total. The fourth-order valence-corrected chi connectivity index (χ4v) is 0.896. The van der Waals surface area contributed by atoms with Crippen LogP contribution >= 0.6 is 0 Å². The number of hydrogen-bond donors (Lipinski definition) is 1. The minimum absolute atomic E-state index is 0. The van der Waals surface area contributed by atoms with E-state index in [1.54, 1.807) is 0 Å². The predicted octanol–water partition coefficient (Wildman–Crippen LogP) is -0.770. The summed E-state index contributed by atoms with van der Waals surface area (Å²) < 4.78 is 0. The van der Waals surface area contributed by atoms with Gasteiger partial charge >= 0.3 is 5.97 Å². The Kier molecular flexibility index (Phi) is 12.7. The molecule has 0 heterocycles. The molecule has 1 aromatic rings. The number of hydrogen-bond acceptors (Lipinski definition) is 1. The van der Waals surface area contributed by atoms with Crippen molar-refractivity contribution >= 4 is 5.97 Å². The van der Waals surface area contributed by atoms with Crippen LogP contribution in [0.5, 0.6) is 0 Å². The van der Waals surface area contributed by atoms with Gasteiger partial charge in [-0.25, -0.2) is 0 Å². The van der Waals surface area contributed by atoms with Crippen LogP contribution in [0.1, 0.15) is 12.0 Å². The molecule has 0 saturated heterocycles. The lowest BCUT2D eigenvalue weighted by Crippen LogP contribution is -1.96. The first-order valence-electron chi connectivity index (χ1n) is 3.55. The first kappa shape index (κ1) is 18.4. The molecule has 0 aliphatic heterocycles. The average Bonchev–Trinajstić information content (AvgIpc) is 2.03. The fourth-order valence-electron chi connectivity index (χ4n) is 0.896. The van der Waals surface area contributed by atoms with E-state index in [4.69, 9.17) is 5.11 Å². The molecular weight excluding hydrogens is 188 g/mol. The van der Waals surface area contributed by atoms with Crippen molar-refractivity contribution in [2.45, 2.75) is 12.8 Å².